The molecule has 1 amide bonds. The average Bonchev–Trinajstić information content (AvgIpc) is 3.54. The molecule has 2 aliphatic heterocycles. The van der Waals surface area contributed by atoms with Gasteiger partial charge in [0.2, 0.25) is 6.79 Å². The summed E-state index contributed by atoms with van der Waals surface area (Å²) in [6, 6.07) is 17.4. The first-order valence-corrected chi connectivity index (χ1v) is 11.4. The third kappa shape index (κ3) is 3.41. The summed E-state index contributed by atoms with van der Waals surface area (Å²) in [6.45, 7) is 2.00. The molecule has 2 N–H and O–H groups in total. The number of nitrogens with one attached hydrogen (secondary N) is 1. The van der Waals surface area contributed by atoms with Crippen molar-refractivity contribution in [2.75, 3.05) is 6.79 Å². The maximum absolute atomic E-state index is 13.5. The fraction of sp³-hybridized carbons (Fsp3) is 0.143. The minimum Gasteiger partial charge on any atom is -0.507 e. The highest BCUT2D eigenvalue weighted by molar-refractivity contribution is 6.46. The molecule has 0 saturated carbocycles. The summed E-state index contributed by atoms with van der Waals surface area (Å²) in [4.78, 5) is 31.5. The molecule has 3 heterocycles. The summed E-state index contributed by atoms with van der Waals surface area (Å²) in [6.07, 6.45) is 0. The van der Waals surface area contributed by atoms with Gasteiger partial charge in [-0.15, -0.1) is 0 Å². The predicted octanol–water partition coefficient (Wildman–Crippen LogP) is 4.97. The van der Waals surface area contributed by atoms with E-state index in [2.05, 4.69) is 4.98 Å². The second-order valence-corrected chi connectivity index (χ2v) is 8.83. The Kier molecular flexibility index (Phi) is 5.03. The lowest BCUT2D eigenvalue weighted by molar-refractivity contribution is -0.140. The first-order chi connectivity index (χ1) is 17.4. The van der Waals surface area contributed by atoms with Gasteiger partial charge in [0.05, 0.1) is 11.6 Å². The molecular formula is C28H21FN2O5. The molecule has 0 aliphatic carbocycles. The molecule has 2 aliphatic rings. The van der Waals surface area contributed by atoms with Crippen LogP contribution in [0.25, 0.3) is 16.7 Å². The molecule has 1 saturated heterocycles. The molecule has 1 atom stereocenters. The minimum atomic E-state index is -0.864. The molecule has 4 aromatic rings. The van der Waals surface area contributed by atoms with E-state index in [4.69, 9.17) is 9.47 Å². The van der Waals surface area contributed by atoms with Crippen molar-refractivity contribution in [2.24, 2.45) is 0 Å². The van der Waals surface area contributed by atoms with E-state index < -0.39 is 23.5 Å². The Morgan fingerprint density at radius 1 is 1.06 bits per heavy atom. The Bertz CT molecular complexity index is 1570. The molecule has 180 valence electrons. The predicted molar refractivity (Wildman–Crippen MR) is 130 cm³/mol. The highest BCUT2D eigenvalue weighted by atomic mass is 19.1. The quantitative estimate of drug-likeness (QED) is 0.243. The van der Waals surface area contributed by atoms with Gasteiger partial charge in [0, 0.05) is 34.3 Å². The fourth-order valence-electron chi connectivity index (χ4n) is 4.98. The monoisotopic (exact) mass is 484 g/mol. The van der Waals surface area contributed by atoms with Crippen LogP contribution in [0.5, 0.6) is 11.5 Å². The molecule has 0 bridgehead atoms. The third-order valence-corrected chi connectivity index (χ3v) is 6.67. The number of ketones is 1. The van der Waals surface area contributed by atoms with E-state index in [1.807, 2.05) is 31.2 Å². The summed E-state index contributed by atoms with van der Waals surface area (Å²) in [7, 11) is 0. The van der Waals surface area contributed by atoms with Crippen LogP contribution in [0.3, 0.4) is 0 Å². The van der Waals surface area contributed by atoms with E-state index >= 15 is 0 Å². The summed E-state index contributed by atoms with van der Waals surface area (Å²) < 4.78 is 24.3. The number of H-pyrrole nitrogens is 1. The van der Waals surface area contributed by atoms with Crippen LogP contribution < -0.4 is 9.47 Å². The van der Waals surface area contributed by atoms with Crippen LogP contribution in [0.15, 0.2) is 72.3 Å². The molecule has 1 fully saturated rings. The van der Waals surface area contributed by atoms with Gasteiger partial charge >= 0.3 is 0 Å². The van der Waals surface area contributed by atoms with E-state index in [0.29, 0.717) is 28.2 Å². The lowest BCUT2D eigenvalue weighted by Gasteiger charge is -2.26. The molecule has 36 heavy (non-hydrogen) atoms. The number of likely N-dealkylation sites (tertiary alicyclic amines) is 1. The first kappa shape index (κ1) is 21.9. The van der Waals surface area contributed by atoms with Crippen molar-refractivity contribution in [2.45, 2.75) is 19.5 Å². The van der Waals surface area contributed by atoms with Gasteiger partial charge < -0.3 is 24.5 Å². The Morgan fingerprint density at radius 3 is 2.61 bits per heavy atom. The van der Waals surface area contributed by atoms with Crippen LogP contribution in [0.2, 0.25) is 0 Å². The van der Waals surface area contributed by atoms with Gasteiger partial charge in [0.1, 0.15) is 11.6 Å². The van der Waals surface area contributed by atoms with Crippen molar-refractivity contribution in [1.82, 2.24) is 9.88 Å². The molecule has 3 aromatic carbocycles. The average molecular weight is 484 g/mol. The topological polar surface area (TPSA) is 91.9 Å². The number of hydrogen-bond donors (Lipinski definition) is 2. The molecular weight excluding hydrogens is 463 g/mol. The van der Waals surface area contributed by atoms with Crippen molar-refractivity contribution in [1.29, 1.82) is 0 Å². The number of benzene rings is 3. The summed E-state index contributed by atoms with van der Waals surface area (Å²) in [5, 5.41) is 12.3. The largest absolute Gasteiger partial charge is 0.507 e. The summed E-state index contributed by atoms with van der Waals surface area (Å²) in [5.41, 5.74) is 3.30. The van der Waals surface area contributed by atoms with Gasteiger partial charge in [0.15, 0.2) is 11.5 Å². The van der Waals surface area contributed by atoms with Crippen molar-refractivity contribution < 1.29 is 28.6 Å². The van der Waals surface area contributed by atoms with Gasteiger partial charge in [-0.3, -0.25) is 9.59 Å². The molecule has 7 nitrogen and oxygen atoms in total. The highest BCUT2D eigenvalue weighted by Crippen LogP contribution is 2.45. The van der Waals surface area contributed by atoms with Crippen molar-refractivity contribution in [3.05, 3.63) is 101 Å². The highest BCUT2D eigenvalue weighted by Gasteiger charge is 2.47. The van der Waals surface area contributed by atoms with Gasteiger partial charge in [-0.2, -0.15) is 0 Å². The van der Waals surface area contributed by atoms with Crippen LogP contribution in [0, 0.1) is 12.7 Å². The SMILES string of the molecule is Cc1[nH]c2ccccc2c1C1/C(=C(\O)c2ccc3c(c2)OCO3)C(=O)C(=O)N1Cc1ccc(F)cc1. The summed E-state index contributed by atoms with van der Waals surface area (Å²) >= 11 is 0. The number of ether oxygens (including phenoxy) is 2. The Morgan fingerprint density at radius 2 is 1.81 bits per heavy atom. The van der Waals surface area contributed by atoms with E-state index in [1.54, 1.807) is 30.3 Å². The number of para-hydroxylation sites is 1. The van der Waals surface area contributed by atoms with Crippen LogP contribution in [0.4, 0.5) is 4.39 Å². The zero-order chi connectivity index (χ0) is 25.0. The summed E-state index contributed by atoms with van der Waals surface area (Å²) in [5.74, 6) is -1.25. The number of amides is 1. The first-order valence-electron chi connectivity index (χ1n) is 11.4. The number of fused-ring (bicyclic) bond motifs is 2. The number of aryl methyl sites for hydroxylation is 1. The Balaban J connectivity index is 1.55. The normalized spacial score (nSPS) is 18.4. The zero-order valence-corrected chi connectivity index (χ0v) is 19.2. The Hall–Kier alpha value is -4.59. The number of aliphatic hydroxyl groups is 1. The molecule has 8 heteroatoms. The number of aliphatic hydroxyl groups excluding tert-OH is 1. The smallest absolute Gasteiger partial charge is 0.295 e. The maximum atomic E-state index is 13.5. The zero-order valence-electron chi connectivity index (χ0n) is 19.2. The lowest BCUT2D eigenvalue weighted by atomic mass is 9.93. The van der Waals surface area contributed by atoms with Crippen LogP contribution in [0.1, 0.15) is 28.4 Å². The third-order valence-electron chi connectivity index (χ3n) is 6.67. The second kappa shape index (κ2) is 8.27. The van der Waals surface area contributed by atoms with E-state index in [0.717, 1.165) is 16.6 Å². The van der Waals surface area contributed by atoms with Gasteiger partial charge in [-0.05, 0) is 48.9 Å². The van der Waals surface area contributed by atoms with Gasteiger partial charge in [0.25, 0.3) is 11.7 Å². The lowest BCUT2D eigenvalue weighted by Crippen LogP contribution is -2.29. The molecule has 0 radical (unpaired) electrons. The van der Waals surface area contributed by atoms with Gasteiger partial charge in [-0.1, -0.05) is 30.3 Å². The number of aromatic nitrogens is 1. The van der Waals surface area contributed by atoms with Gasteiger partial charge in [-0.25, -0.2) is 4.39 Å². The fourth-order valence-corrected chi connectivity index (χ4v) is 4.98. The second-order valence-electron chi connectivity index (χ2n) is 8.83. The van der Waals surface area contributed by atoms with Crippen LogP contribution in [-0.4, -0.2) is 33.5 Å². The molecule has 0 spiro atoms. The maximum Gasteiger partial charge on any atom is 0.295 e. The molecule has 6 rings (SSSR count). The number of nitrogens with zero attached hydrogens (tertiary/aromatic N) is 1. The molecule has 1 aromatic heterocycles. The number of carbonyl (C=O) groups excluding carboxylic acids is 2. The number of hydrogen-bond acceptors (Lipinski definition) is 5. The van der Waals surface area contributed by atoms with Crippen LogP contribution >= 0.6 is 0 Å². The van der Waals surface area contributed by atoms with Crippen molar-refractivity contribution in [3.8, 4) is 11.5 Å². The van der Waals surface area contributed by atoms with Crippen molar-refractivity contribution >= 4 is 28.4 Å². The van der Waals surface area contributed by atoms with E-state index in [1.165, 1.54) is 17.0 Å². The number of aromatic amines is 1. The number of carbonyl (C=O) groups is 2. The van der Waals surface area contributed by atoms with Crippen molar-refractivity contribution in [3.63, 3.8) is 0 Å². The van der Waals surface area contributed by atoms with E-state index in [-0.39, 0.29) is 24.7 Å². The van der Waals surface area contributed by atoms with E-state index in [9.17, 15) is 19.1 Å². The Labute approximate surface area is 205 Å². The van der Waals surface area contributed by atoms with Crippen LogP contribution in [-0.2, 0) is 16.1 Å². The standard InChI is InChI=1S/C28H21FN2O5/c1-15-23(19-4-2-3-5-20(19)30-15)25-24(26(32)17-8-11-21-22(12-17)36-14-35-21)27(33)28(34)31(25)13-16-6-9-18(29)10-7-16/h2-12,25,30,32H,13-14H2,1H3/b26-24+. The minimum absolute atomic E-state index is 0.0196. The number of Topliss-reactive ketones (excluding diaryl/α,β-unsaturated/α-hetero) is 1. The number of halogens is 1. The number of rotatable bonds is 4. The molecule has 1 unspecified atom stereocenters.